The molecule has 2 rings (SSSR count). The molecule has 112 valence electrons. The summed E-state index contributed by atoms with van der Waals surface area (Å²) in [6.45, 7) is 12.1. The average molecular weight is 266 g/mol. The lowest BCUT2D eigenvalue weighted by atomic mass is 9.68. The van der Waals surface area contributed by atoms with Crippen molar-refractivity contribution in [3.8, 4) is 0 Å². The number of hydrogen-bond donors (Lipinski definition) is 1. The Morgan fingerprint density at radius 2 is 1.79 bits per heavy atom. The van der Waals surface area contributed by atoms with Crippen LogP contribution in [0.15, 0.2) is 0 Å². The molecule has 0 amide bonds. The molecule has 0 aromatic rings. The fraction of sp³-hybridized carbons (Fsp3) is 1.00. The molecular formula is C17H34N2. The molecule has 0 aromatic carbocycles. The zero-order chi connectivity index (χ0) is 14.0. The molecule has 4 unspecified atom stereocenters. The highest BCUT2D eigenvalue weighted by Gasteiger charge is 2.39. The number of hydrogen-bond acceptors (Lipinski definition) is 2. The number of rotatable bonds is 2. The summed E-state index contributed by atoms with van der Waals surface area (Å²) in [4.78, 5) is 2.80. The van der Waals surface area contributed by atoms with Crippen molar-refractivity contribution in [3.63, 3.8) is 0 Å². The molecule has 19 heavy (non-hydrogen) atoms. The van der Waals surface area contributed by atoms with Crippen molar-refractivity contribution in [1.82, 2.24) is 4.90 Å². The number of nitrogens with two attached hydrogens (primary N) is 1. The maximum absolute atomic E-state index is 6.28. The molecule has 1 aliphatic heterocycles. The minimum absolute atomic E-state index is 0.443. The lowest BCUT2D eigenvalue weighted by molar-refractivity contribution is 0.0112. The maximum Gasteiger partial charge on any atom is 0.0129 e. The van der Waals surface area contributed by atoms with Crippen molar-refractivity contribution in [3.05, 3.63) is 0 Å². The molecule has 1 aliphatic carbocycles. The fourth-order valence-corrected chi connectivity index (χ4v) is 4.37. The van der Waals surface area contributed by atoms with E-state index < -0.39 is 0 Å². The van der Waals surface area contributed by atoms with Gasteiger partial charge in [0.25, 0.3) is 0 Å². The first kappa shape index (κ1) is 15.3. The van der Waals surface area contributed by atoms with E-state index >= 15 is 0 Å². The Hall–Kier alpha value is -0.0800. The zero-order valence-electron chi connectivity index (χ0n) is 13.5. The van der Waals surface area contributed by atoms with Crippen LogP contribution in [0, 0.1) is 17.3 Å². The minimum Gasteiger partial charge on any atom is -0.327 e. The molecule has 0 aromatic heterocycles. The van der Waals surface area contributed by atoms with Gasteiger partial charge >= 0.3 is 0 Å². The monoisotopic (exact) mass is 266 g/mol. The largest absolute Gasteiger partial charge is 0.327 e. The molecule has 0 spiro atoms. The van der Waals surface area contributed by atoms with Crippen LogP contribution in [-0.2, 0) is 0 Å². The van der Waals surface area contributed by atoms with Gasteiger partial charge in [0.2, 0.25) is 0 Å². The van der Waals surface area contributed by atoms with E-state index in [-0.39, 0.29) is 0 Å². The van der Waals surface area contributed by atoms with Crippen LogP contribution in [0.4, 0.5) is 0 Å². The van der Waals surface area contributed by atoms with Gasteiger partial charge in [0, 0.05) is 18.6 Å². The zero-order valence-corrected chi connectivity index (χ0v) is 13.5. The molecule has 1 heterocycles. The molecule has 2 nitrogen and oxygen atoms in total. The SMILES string of the molecule is CCC1CN(C2CCCCC2C(C)(C)C)CCC1N. The van der Waals surface area contributed by atoms with Gasteiger partial charge in [0.15, 0.2) is 0 Å². The third-order valence-electron chi connectivity index (χ3n) is 5.66. The molecule has 2 N–H and O–H groups in total. The first-order valence-electron chi connectivity index (χ1n) is 8.43. The topological polar surface area (TPSA) is 29.3 Å². The van der Waals surface area contributed by atoms with Crippen LogP contribution in [0.25, 0.3) is 0 Å². The van der Waals surface area contributed by atoms with Gasteiger partial charge in [-0.1, -0.05) is 47.0 Å². The highest BCUT2D eigenvalue weighted by Crippen LogP contribution is 2.41. The van der Waals surface area contributed by atoms with E-state index in [1.807, 2.05) is 0 Å². The third kappa shape index (κ3) is 3.52. The van der Waals surface area contributed by atoms with E-state index in [2.05, 4.69) is 32.6 Å². The number of nitrogens with zero attached hydrogens (tertiary/aromatic N) is 1. The second-order valence-electron chi connectivity index (χ2n) is 7.94. The van der Waals surface area contributed by atoms with Crippen LogP contribution in [-0.4, -0.2) is 30.1 Å². The second kappa shape index (κ2) is 6.13. The van der Waals surface area contributed by atoms with Gasteiger partial charge in [0.1, 0.15) is 0 Å². The van der Waals surface area contributed by atoms with Crippen molar-refractivity contribution >= 4 is 0 Å². The third-order valence-corrected chi connectivity index (χ3v) is 5.66. The van der Waals surface area contributed by atoms with Crippen LogP contribution >= 0.6 is 0 Å². The molecular weight excluding hydrogens is 232 g/mol. The summed E-state index contributed by atoms with van der Waals surface area (Å²) in [5.41, 5.74) is 6.73. The quantitative estimate of drug-likeness (QED) is 0.826. The number of likely N-dealkylation sites (tertiary alicyclic amines) is 1. The summed E-state index contributed by atoms with van der Waals surface area (Å²) in [5, 5.41) is 0. The van der Waals surface area contributed by atoms with Crippen LogP contribution in [0.5, 0.6) is 0 Å². The number of piperidine rings is 1. The van der Waals surface area contributed by atoms with Crippen molar-refractivity contribution in [1.29, 1.82) is 0 Å². The predicted molar refractivity (Wildman–Crippen MR) is 83.1 cm³/mol. The summed E-state index contributed by atoms with van der Waals surface area (Å²) in [7, 11) is 0. The molecule has 4 atom stereocenters. The van der Waals surface area contributed by atoms with Crippen LogP contribution < -0.4 is 5.73 Å². The van der Waals surface area contributed by atoms with Gasteiger partial charge in [-0.3, -0.25) is 4.90 Å². The van der Waals surface area contributed by atoms with E-state index in [1.54, 1.807) is 0 Å². The first-order valence-corrected chi connectivity index (χ1v) is 8.43. The Morgan fingerprint density at radius 3 is 2.42 bits per heavy atom. The smallest absolute Gasteiger partial charge is 0.0129 e. The normalized spacial score (nSPS) is 38.4. The summed E-state index contributed by atoms with van der Waals surface area (Å²) in [5.74, 6) is 1.59. The standard InChI is InChI=1S/C17H34N2/c1-5-13-12-19(11-10-15(13)18)16-9-7-6-8-14(16)17(2,3)4/h13-16H,5-12,18H2,1-4H3. The Bertz CT molecular complexity index is 281. The van der Waals surface area contributed by atoms with Crippen LogP contribution in [0.1, 0.15) is 66.2 Å². The summed E-state index contributed by atoms with van der Waals surface area (Å²) in [6, 6.07) is 1.26. The van der Waals surface area contributed by atoms with Crippen LogP contribution in [0.3, 0.4) is 0 Å². The van der Waals surface area contributed by atoms with E-state index in [0.717, 1.165) is 17.9 Å². The molecule has 1 saturated heterocycles. The van der Waals surface area contributed by atoms with Crippen LogP contribution in [0.2, 0.25) is 0 Å². The highest BCUT2D eigenvalue weighted by molar-refractivity contribution is 4.93. The Labute approximate surface area is 120 Å². The highest BCUT2D eigenvalue weighted by atomic mass is 15.2. The van der Waals surface area contributed by atoms with Crippen molar-refractivity contribution in [2.24, 2.45) is 23.0 Å². The first-order chi connectivity index (χ1) is 8.93. The second-order valence-corrected chi connectivity index (χ2v) is 7.94. The molecule has 0 radical (unpaired) electrons. The summed E-state index contributed by atoms with van der Waals surface area (Å²) in [6.07, 6.45) is 8.14. The van der Waals surface area contributed by atoms with Gasteiger partial charge in [-0.05, 0) is 43.1 Å². The van der Waals surface area contributed by atoms with Gasteiger partial charge in [-0.2, -0.15) is 0 Å². The van der Waals surface area contributed by atoms with E-state index in [0.29, 0.717) is 11.5 Å². The summed E-state index contributed by atoms with van der Waals surface area (Å²) < 4.78 is 0. The Balaban J connectivity index is 2.06. The predicted octanol–water partition coefficient (Wildman–Crippen LogP) is 3.65. The van der Waals surface area contributed by atoms with Crippen molar-refractivity contribution < 1.29 is 0 Å². The average Bonchev–Trinajstić information content (AvgIpc) is 2.38. The Kier molecular flexibility index (Phi) is 4.94. The lowest BCUT2D eigenvalue weighted by Gasteiger charge is -2.49. The molecule has 2 heteroatoms. The van der Waals surface area contributed by atoms with Gasteiger partial charge in [0.05, 0.1) is 0 Å². The molecule has 2 fully saturated rings. The Morgan fingerprint density at radius 1 is 1.11 bits per heavy atom. The van der Waals surface area contributed by atoms with Crippen molar-refractivity contribution in [2.75, 3.05) is 13.1 Å². The molecule has 2 aliphatic rings. The minimum atomic E-state index is 0.443. The maximum atomic E-state index is 6.28. The fourth-order valence-electron chi connectivity index (χ4n) is 4.37. The van der Waals surface area contributed by atoms with E-state index in [4.69, 9.17) is 5.73 Å². The van der Waals surface area contributed by atoms with Gasteiger partial charge < -0.3 is 5.73 Å². The summed E-state index contributed by atoms with van der Waals surface area (Å²) >= 11 is 0. The van der Waals surface area contributed by atoms with Crippen molar-refractivity contribution in [2.45, 2.75) is 78.3 Å². The van der Waals surface area contributed by atoms with E-state index in [9.17, 15) is 0 Å². The van der Waals surface area contributed by atoms with Gasteiger partial charge in [-0.25, -0.2) is 0 Å². The van der Waals surface area contributed by atoms with E-state index in [1.165, 1.54) is 51.6 Å². The molecule has 1 saturated carbocycles. The van der Waals surface area contributed by atoms with Gasteiger partial charge in [-0.15, -0.1) is 0 Å². The molecule has 0 bridgehead atoms. The lowest BCUT2D eigenvalue weighted by Crippen LogP contribution is -2.54.